The number of fused-ring (bicyclic) bond motifs is 3. The summed E-state index contributed by atoms with van der Waals surface area (Å²) in [7, 11) is 0. The van der Waals surface area contributed by atoms with E-state index in [1.165, 1.54) is 5.39 Å². The monoisotopic (exact) mass is 384 g/mol. The van der Waals surface area contributed by atoms with Crippen molar-refractivity contribution in [3.63, 3.8) is 0 Å². The van der Waals surface area contributed by atoms with Crippen LogP contribution in [0.5, 0.6) is 17.2 Å². The van der Waals surface area contributed by atoms with Gasteiger partial charge in [-0.15, -0.1) is 0 Å². The predicted octanol–water partition coefficient (Wildman–Crippen LogP) is 6.61. The SMILES string of the molecule is CC(C)(C)Oc1ccc2ccccc2c1-c1c2c(cc3ccccc13)OCCO2. The van der Waals surface area contributed by atoms with Crippen LogP contribution in [-0.2, 0) is 0 Å². The second kappa shape index (κ2) is 6.70. The molecule has 0 aromatic heterocycles. The topological polar surface area (TPSA) is 27.7 Å². The average molecular weight is 384 g/mol. The lowest BCUT2D eigenvalue weighted by Gasteiger charge is -2.27. The molecule has 0 bridgehead atoms. The van der Waals surface area contributed by atoms with E-state index < -0.39 is 0 Å². The summed E-state index contributed by atoms with van der Waals surface area (Å²) in [6, 6.07) is 23.1. The zero-order valence-electron chi connectivity index (χ0n) is 17.0. The van der Waals surface area contributed by atoms with Gasteiger partial charge in [-0.2, -0.15) is 0 Å². The molecular weight excluding hydrogens is 360 g/mol. The van der Waals surface area contributed by atoms with Gasteiger partial charge in [-0.25, -0.2) is 0 Å². The number of hydrogen-bond donors (Lipinski definition) is 0. The lowest BCUT2D eigenvalue weighted by molar-refractivity contribution is 0.132. The molecule has 0 saturated heterocycles. The summed E-state index contributed by atoms with van der Waals surface area (Å²) in [6.45, 7) is 7.32. The van der Waals surface area contributed by atoms with E-state index in [2.05, 4.69) is 87.5 Å². The van der Waals surface area contributed by atoms with Gasteiger partial charge in [0.1, 0.15) is 24.6 Å². The molecule has 5 rings (SSSR count). The Bertz CT molecular complexity index is 1220. The van der Waals surface area contributed by atoms with E-state index in [4.69, 9.17) is 14.2 Å². The maximum Gasteiger partial charge on any atom is 0.169 e. The van der Waals surface area contributed by atoms with E-state index in [0.717, 1.165) is 44.5 Å². The Balaban J connectivity index is 1.93. The summed E-state index contributed by atoms with van der Waals surface area (Å²) in [5.41, 5.74) is 1.77. The fourth-order valence-electron chi connectivity index (χ4n) is 4.02. The van der Waals surface area contributed by atoms with Crippen molar-refractivity contribution in [3.05, 3.63) is 66.7 Å². The molecule has 0 fully saturated rings. The Morgan fingerprint density at radius 1 is 0.724 bits per heavy atom. The van der Waals surface area contributed by atoms with Gasteiger partial charge in [0.15, 0.2) is 11.5 Å². The first-order valence-corrected chi connectivity index (χ1v) is 10.0. The summed E-state index contributed by atoms with van der Waals surface area (Å²) >= 11 is 0. The van der Waals surface area contributed by atoms with Crippen LogP contribution >= 0.6 is 0 Å². The normalized spacial score (nSPS) is 13.6. The van der Waals surface area contributed by atoms with Gasteiger partial charge in [-0.1, -0.05) is 54.6 Å². The summed E-state index contributed by atoms with van der Waals surface area (Å²) in [5.74, 6) is 2.44. The van der Waals surface area contributed by atoms with Gasteiger partial charge in [0, 0.05) is 11.1 Å². The molecule has 0 radical (unpaired) electrons. The Morgan fingerprint density at radius 3 is 2.14 bits per heavy atom. The zero-order valence-corrected chi connectivity index (χ0v) is 17.0. The molecule has 0 aliphatic carbocycles. The molecule has 1 aliphatic rings. The molecule has 3 nitrogen and oxygen atoms in total. The molecular formula is C26H24O3. The average Bonchev–Trinajstić information content (AvgIpc) is 2.71. The Morgan fingerprint density at radius 2 is 1.38 bits per heavy atom. The predicted molar refractivity (Wildman–Crippen MR) is 118 cm³/mol. The Kier molecular flexibility index (Phi) is 4.13. The summed E-state index contributed by atoms with van der Waals surface area (Å²) < 4.78 is 18.6. The highest BCUT2D eigenvalue weighted by atomic mass is 16.6. The van der Waals surface area contributed by atoms with E-state index in [9.17, 15) is 0 Å². The Labute approximate surface area is 170 Å². The van der Waals surface area contributed by atoms with Crippen LogP contribution in [0.4, 0.5) is 0 Å². The van der Waals surface area contributed by atoms with Crippen LogP contribution < -0.4 is 14.2 Å². The molecule has 3 heteroatoms. The molecule has 29 heavy (non-hydrogen) atoms. The van der Waals surface area contributed by atoms with Crippen LogP contribution in [0.1, 0.15) is 20.8 Å². The van der Waals surface area contributed by atoms with Gasteiger partial charge < -0.3 is 14.2 Å². The molecule has 1 heterocycles. The van der Waals surface area contributed by atoms with E-state index in [1.54, 1.807) is 0 Å². The minimum absolute atomic E-state index is 0.320. The first-order chi connectivity index (χ1) is 14.0. The van der Waals surface area contributed by atoms with E-state index >= 15 is 0 Å². The minimum atomic E-state index is -0.320. The number of rotatable bonds is 2. The van der Waals surface area contributed by atoms with Crippen molar-refractivity contribution < 1.29 is 14.2 Å². The molecule has 4 aromatic carbocycles. The molecule has 0 N–H and O–H groups in total. The fourth-order valence-corrected chi connectivity index (χ4v) is 4.02. The van der Waals surface area contributed by atoms with Crippen LogP contribution in [0.25, 0.3) is 32.7 Å². The lowest BCUT2D eigenvalue weighted by Crippen LogP contribution is -2.23. The lowest BCUT2D eigenvalue weighted by atomic mass is 9.91. The van der Waals surface area contributed by atoms with Crippen molar-refractivity contribution in [3.8, 4) is 28.4 Å². The summed E-state index contributed by atoms with van der Waals surface area (Å²) in [5, 5.41) is 4.57. The van der Waals surface area contributed by atoms with Crippen LogP contribution in [0.15, 0.2) is 66.7 Å². The van der Waals surface area contributed by atoms with Gasteiger partial charge in [0.25, 0.3) is 0 Å². The number of ether oxygens (including phenoxy) is 3. The first kappa shape index (κ1) is 17.9. The highest BCUT2D eigenvalue weighted by molar-refractivity contribution is 6.10. The van der Waals surface area contributed by atoms with Crippen molar-refractivity contribution >= 4 is 21.5 Å². The smallest absolute Gasteiger partial charge is 0.169 e. The highest BCUT2D eigenvalue weighted by Gasteiger charge is 2.26. The molecule has 0 amide bonds. The third-order valence-electron chi connectivity index (χ3n) is 5.11. The second-order valence-electron chi connectivity index (χ2n) is 8.37. The number of benzene rings is 4. The van der Waals surface area contributed by atoms with Crippen LogP contribution in [0.3, 0.4) is 0 Å². The van der Waals surface area contributed by atoms with Crippen LogP contribution in [0, 0.1) is 0 Å². The van der Waals surface area contributed by atoms with Gasteiger partial charge >= 0.3 is 0 Å². The minimum Gasteiger partial charge on any atom is -0.487 e. The first-order valence-electron chi connectivity index (χ1n) is 10.0. The van der Waals surface area contributed by atoms with Crippen molar-refractivity contribution in [2.45, 2.75) is 26.4 Å². The van der Waals surface area contributed by atoms with Crippen molar-refractivity contribution in [2.75, 3.05) is 13.2 Å². The van der Waals surface area contributed by atoms with E-state index in [0.29, 0.717) is 13.2 Å². The van der Waals surface area contributed by atoms with Gasteiger partial charge in [0.2, 0.25) is 0 Å². The van der Waals surface area contributed by atoms with Gasteiger partial charge in [-0.3, -0.25) is 0 Å². The fraction of sp³-hybridized carbons (Fsp3) is 0.231. The third kappa shape index (κ3) is 3.17. The maximum absolute atomic E-state index is 6.44. The molecule has 0 spiro atoms. The van der Waals surface area contributed by atoms with Crippen molar-refractivity contribution in [1.29, 1.82) is 0 Å². The molecule has 0 saturated carbocycles. The van der Waals surface area contributed by atoms with E-state index in [1.807, 2.05) is 0 Å². The number of hydrogen-bond acceptors (Lipinski definition) is 3. The third-order valence-corrected chi connectivity index (χ3v) is 5.11. The van der Waals surface area contributed by atoms with Gasteiger partial charge in [0.05, 0.1) is 0 Å². The zero-order chi connectivity index (χ0) is 20.0. The van der Waals surface area contributed by atoms with Crippen LogP contribution in [-0.4, -0.2) is 18.8 Å². The summed E-state index contributed by atoms with van der Waals surface area (Å²) in [6.07, 6.45) is 0. The molecule has 0 unspecified atom stereocenters. The van der Waals surface area contributed by atoms with Gasteiger partial charge in [-0.05, 0) is 54.4 Å². The maximum atomic E-state index is 6.44. The van der Waals surface area contributed by atoms with E-state index in [-0.39, 0.29) is 5.60 Å². The Hall–Kier alpha value is -3.20. The molecule has 146 valence electrons. The van der Waals surface area contributed by atoms with Crippen molar-refractivity contribution in [1.82, 2.24) is 0 Å². The largest absolute Gasteiger partial charge is 0.487 e. The molecule has 1 aliphatic heterocycles. The quantitative estimate of drug-likeness (QED) is 0.389. The molecule has 0 atom stereocenters. The standard InChI is InChI=1S/C26H24O3/c1-26(2,3)29-21-13-12-17-8-4-6-10-19(17)23(21)24-20-11-7-5-9-18(20)16-22-25(24)28-15-14-27-22/h4-13,16H,14-15H2,1-3H3. The van der Waals surface area contributed by atoms with Crippen LogP contribution in [0.2, 0.25) is 0 Å². The molecule has 4 aromatic rings. The highest BCUT2D eigenvalue weighted by Crippen LogP contribution is 2.50. The van der Waals surface area contributed by atoms with Crippen molar-refractivity contribution in [2.24, 2.45) is 0 Å². The summed E-state index contributed by atoms with van der Waals surface area (Å²) in [4.78, 5) is 0. The second-order valence-corrected chi connectivity index (χ2v) is 8.37.